The number of thioether (sulfide) groups is 1. The number of rotatable bonds is 7. The maximum atomic E-state index is 13.2. The SMILES string of the molecule is C=CCn1c(SCC(=O)Nc2ccccc2C)nc2scc(-c3ccco3)c2c1=O. The van der Waals surface area contributed by atoms with Crippen molar-refractivity contribution in [3.8, 4) is 11.3 Å². The molecule has 152 valence electrons. The third-order valence-electron chi connectivity index (χ3n) is 4.51. The van der Waals surface area contributed by atoms with Gasteiger partial charge in [-0.1, -0.05) is 36.0 Å². The van der Waals surface area contributed by atoms with E-state index in [-0.39, 0.29) is 17.2 Å². The smallest absolute Gasteiger partial charge is 0.263 e. The number of allylic oxidation sites excluding steroid dienone is 1. The molecular weight excluding hydrogens is 418 g/mol. The first-order valence-electron chi connectivity index (χ1n) is 9.23. The average Bonchev–Trinajstić information content (AvgIpc) is 3.40. The van der Waals surface area contributed by atoms with E-state index < -0.39 is 0 Å². The molecule has 3 aromatic heterocycles. The monoisotopic (exact) mass is 437 g/mol. The highest BCUT2D eigenvalue weighted by Crippen LogP contribution is 2.32. The molecule has 0 fully saturated rings. The van der Waals surface area contributed by atoms with Gasteiger partial charge >= 0.3 is 0 Å². The van der Waals surface area contributed by atoms with Crippen LogP contribution in [-0.4, -0.2) is 21.2 Å². The van der Waals surface area contributed by atoms with Gasteiger partial charge in [0.15, 0.2) is 5.16 Å². The Hall–Kier alpha value is -3.10. The highest BCUT2D eigenvalue weighted by molar-refractivity contribution is 7.99. The molecule has 0 bridgehead atoms. The van der Waals surface area contributed by atoms with Crippen LogP contribution in [0.5, 0.6) is 0 Å². The fourth-order valence-electron chi connectivity index (χ4n) is 3.05. The van der Waals surface area contributed by atoms with Gasteiger partial charge in [-0.05, 0) is 30.7 Å². The predicted molar refractivity (Wildman–Crippen MR) is 122 cm³/mol. The van der Waals surface area contributed by atoms with Crippen molar-refractivity contribution in [3.05, 3.63) is 76.6 Å². The molecule has 0 spiro atoms. The minimum absolute atomic E-state index is 0.139. The van der Waals surface area contributed by atoms with Crippen molar-refractivity contribution >= 4 is 44.9 Å². The van der Waals surface area contributed by atoms with Gasteiger partial charge in [-0.15, -0.1) is 17.9 Å². The molecule has 3 heterocycles. The number of fused-ring (bicyclic) bond motifs is 1. The van der Waals surface area contributed by atoms with Crippen molar-refractivity contribution in [1.82, 2.24) is 9.55 Å². The third-order valence-corrected chi connectivity index (χ3v) is 6.36. The van der Waals surface area contributed by atoms with E-state index in [4.69, 9.17) is 4.42 Å². The quantitative estimate of drug-likeness (QED) is 0.252. The van der Waals surface area contributed by atoms with Crippen molar-refractivity contribution < 1.29 is 9.21 Å². The van der Waals surface area contributed by atoms with Gasteiger partial charge in [-0.2, -0.15) is 0 Å². The summed E-state index contributed by atoms with van der Waals surface area (Å²) in [7, 11) is 0. The summed E-state index contributed by atoms with van der Waals surface area (Å²) in [6.45, 7) is 5.99. The van der Waals surface area contributed by atoms with E-state index in [1.165, 1.54) is 23.1 Å². The lowest BCUT2D eigenvalue weighted by Crippen LogP contribution is -2.23. The van der Waals surface area contributed by atoms with Crippen LogP contribution in [0.1, 0.15) is 5.56 Å². The number of furan rings is 1. The molecule has 0 aliphatic carbocycles. The highest BCUT2D eigenvalue weighted by atomic mass is 32.2. The van der Waals surface area contributed by atoms with Gasteiger partial charge in [0.2, 0.25) is 5.91 Å². The summed E-state index contributed by atoms with van der Waals surface area (Å²) >= 11 is 2.61. The van der Waals surface area contributed by atoms with E-state index in [1.54, 1.807) is 23.0 Å². The Bertz CT molecular complexity index is 1270. The van der Waals surface area contributed by atoms with Gasteiger partial charge < -0.3 is 9.73 Å². The second-order valence-electron chi connectivity index (χ2n) is 6.56. The van der Waals surface area contributed by atoms with Crippen LogP contribution in [0.2, 0.25) is 0 Å². The van der Waals surface area contributed by atoms with Gasteiger partial charge in [-0.25, -0.2) is 4.98 Å². The van der Waals surface area contributed by atoms with Crippen LogP contribution in [0.15, 0.2) is 75.1 Å². The zero-order valence-electron chi connectivity index (χ0n) is 16.3. The number of hydrogen-bond acceptors (Lipinski definition) is 6. The van der Waals surface area contributed by atoms with Crippen LogP contribution in [0.3, 0.4) is 0 Å². The third kappa shape index (κ3) is 3.96. The summed E-state index contributed by atoms with van der Waals surface area (Å²) < 4.78 is 7.01. The van der Waals surface area contributed by atoms with Gasteiger partial charge in [-0.3, -0.25) is 14.2 Å². The lowest BCUT2D eigenvalue weighted by molar-refractivity contribution is -0.113. The number of thiophene rings is 1. The van der Waals surface area contributed by atoms with Gasteiger partial charge in [0.25, 0.3) is 5.56 Å². The van der Waals surface area contributed by atoms with Gasteiger partial charge in [0.1, 0.15) is 10.6 Å². The van der Waals surface area contributed by atoms with Crippen LogP contribution in [0.4, 0.5) is 5.69 Å². The maximum absolute atomic E-state index is 13.2. The molecule has 0 radical (unpaired) electrons. The number of amides is 1. The molecule has 1 aromatic carbocycles. The van der Waals surface area contributed by atoms with E-state index in [0.29, 0.717) is 27.7 Å². The Kier molecular flexibility index (Phi) is 5.87. The number of benzene rings is 1. The van der Waals surface area contributed by atoms with Crippen molar-refractivity contribution in [2.24, 2.45) is 0 Å². The zero-order valence-corrected chi connectivity index (χ0v) is 17.9. The second-order valence-corrected chi connectivity index (χ2v) is 8.36. The van der Waals surface area contributed by atoms with Crippen LogP contribution in [-0.2, 0) is 11.3 Å². The Balaban J connectivity index is 1.63. The summed E-state index contributed by atoms with van der Waals surface area (Å²) in [4.78, 5) is 30.9. The number of carbonyl (C=O) groups excluding carboxylic acids is 1. The molecule has 4 rings (SSSR count). The Labute approximate surface area is 181 Å². The Morgan fingerprint density at radius 2 is 2.17 bits per heavy atom. The van der Waals surface area contributed by atoms with Gasteiger partial charge in [0, 0.05) is 23.2 Å². The van der Waals surface area contributed by atoms with E-state index in [1.807, 2.05) is 42.6 Å². The molecule has 0 aliphatic rings. The highest BCUT2D eigenvalue weighted by Gasteiger charge is 2.19. The first kappa shape index (κ1) is 20.2. The lowest BCUT2D eigenvalue weighted by Gasteiger charge is -2.11. The minimum Gasteiger partial charge on any atom is -0.464 e. The van der Waals surface area contributed by atoms with Crippen molar-refractivity contribution in [2.45, 2.75) is 18.6 Å². The zero-order chi connectivity index (χ0) is 21.1. The van der Waals surface area contributed by atoms with Crippen LogP contribution >= 0.6 is 23.1 Å². The Morgan fingerprint density at radius 3 is 2.90 bits per heavy atom. The normalized spacial score (nSPS) is 11.0. The summed E-state index contributed by atoms with van der Waals surface area (Å²) in [5, 5.41) is 5.78. The van der Waals surface area contributed by atoms with Crippen molar-refractivity contribution in [2.75, 3.05) is 11.1 Å². The van der Waals surface area contributed by atoms with Crippen LogP contribution in [0.25, 0.3) is 21.5 Å². The van der Waals surface area contributed by atoms with E-state index in [9.17, 15) is 9.59 Å². The fourth-order valence-corrected chi connectivity index (χ4v) is 4.83. The number of para-hydroxylation sites is 1. The molecular formula is C22H19N3O3S2. The number of nitrogens with one attached hydrogen (secondary N) is 1. The van der Waals surface area contributed by atoms with Crippen molar-refractivity contribution in [1.29, 1.82) is 0 Å². The number of hydrogen-bond donors (Lipinski definition) is 1. The van der Waals surface area contributed by atoms with Crippen LogP contribution < -0.4 is 10.9 Å². The first-order valence-corrected chi connectivity index (χ1v) is 11.1. The number of aromatic nitrogens is 2. The summed E-state index contributed by atoms with van der Waals surface area (Å²) in [5.74, 6) is 0.611. The molecule has 0 unspecified atom stereocenters. The lowest BCUT2D eigenvalue weighted by atomic mass is 10.2. The molecule has 4 aromatic rings. The standard InChI is InChI=1S/C22H19N3O3S2/c1-3-10-25-21(27)19-15(17-9-6-11-28-17)12-29-20(19)24-22(25)30-13-18(26)23-16-8-5-4-7-14(16)2/h3-9,11-12H,1,10,13H2,2H3,(H,23,26). The molecule has 1 N–H and O–H groups in total. The number of aryl methyl sites for hydroxylation is 1. The average molecular weight is 438 g/mol. The summed E-state index contributed by atoms with van der Waals surface area (Å²) in [6.07, 6.45) is 3.22. The molecule has 0 aliphatic heterocycles. The number of anilines is 1. The van der Waals surface area contributed by atoms with Crippen molar-refractivity contribution in [3.63, 3.8) is 0 Å². The molecule has 30 heavy (non-hydrogen) atoms. The topological polar surface area (TPSA) is 77.1 Å². The molecule has 8 heteroatoms. The summed E-state index contributed by atoms with van der Waals surface area (Å²) in [6, 6.07) is 11.2. The maximum Gasteiger partial charge on any atom is 0.263 e. The van der Waals surface area contributed by atoms with Crippen LogP contribution in [0, 0.1) is 6.92 Å². The molecule has 0 saturated carbocycles. The second kappa shape index (κ2) is 8.73. The molecule has 6 nitrogen and oxygen atoms in total. The number of nitrogens with zero attached hydrogens (tertiary/aromatic N) is 2. The molecule has 0 saturated heterocycles. The molecule has 0 atom stereocenters. The molecule has 1 amide bonds. The van der Waals surface area contributed by atoms with E-state index in [2.05, 4.69) is 16.9 Å². The predicted octanol–water partition coefficient (Wildman–Crippen LogP) is 4.94. The largest absolute Gasteiger partial charge is 0.464 e. The first-order chi connectivity index (χ1) is 14.6. The van der Waals surface area contributed by atoms with E-state index >= 15 is 0 Å². The van der Waals surface area contributed by atoms with Gasteiger partial charge in [0.05, 0.1) is 17.4 Å². The Morgan fingerprint density at radius 1 is 1.33 bits per heavy atom. The minimum atomic E-state index is -0.172. The fraction of sp³-hybridized carbons (Fsp3) is 0.136. The van der Waals surface area contributed by atoms with E-state index in [0.717, 1.165) is 16.8 Å². The number of carbonyl (C=O) groups is 1. The summed E-state index contributed by atoms with van der Waals surface area (Å²) in [5.41, 5.74) is 2.32.